The summed E-state index contributed by atoms with van der Waals surface area (Å²) in [5.74, 6) is 8.13. The second-order valence-electron chi connectivity index (χ2n) is 16.9. The van der Waals surface area contributed by atoms with Gasteiger partial charge in [-0.15, -0.1) is 0 Å². The molecule has 0 saturated carbocycles. The largest absolute Gasteiger partial charge is 0.497 e. The second kappa shape index (κ2) is 24.3. The summed E-state index contributed by atoms with van der Waals surface area (Å²) in [4.78, 5) is 22.6. The van der Waals surface area contributed by atoms with Crippen LogP contribution in [0, 0.1) is 23.2 Å². The summed E-state index contributed by atoms with van der Waals surface area (Å²) in [7, 11) is 10.6. The van der Waals surface area contributed by atoms with Gasteiger partial charge in [-0.1, -0.05) is 60.5 Å². The van der Waals surface area contributed by atoms with Crippen LogP contribution in [0.4, 0.5) is 11.8 Å². The van der Waals surface area contributed by atoms with Gasteiger partial charge < -0.3 is 42.5 Å². The van der Waals surface area contributed by atoms with Gasteiger partial charge in [0.25, 0.3) is 14.5 Å². The van der Waals surface area contributed by atoms with E-state index in [9.17, 15) is 5.26 Å². The van der Waals surface area contributed by atoms with Gasteiger partial charge in [-0.05, 0) is 74.6 Å². The fourth-order valence-electron chi connectivity index (χ4n) is 7.78. The second-order valence-corrected chi connectivity index (χ2v) is 18.3. The van der Waals surface area contributed by atoms with E-state index in [4.69, 9.17) is 52.8 Å². The number of hydrogen-bond donors (Lipinski definition) is 0. The Hall–Kier alpha value is -6.01. The summed E-state index contributed by atoms with van der Waals surface area (Å²) in [6, 6.07) is 28.2. The fourth-order valence-corrected chi connectivity index (χ4v) is 9.54. The number of aromatic nitrogens is 4. The SMILES string of the molecule is COCC#Cc1nn(C2CC(OP(OCCC#N)N(C(C)C)C(C)C)C(COC(c3ccccc3)(c3ccc(OC)cc3)c3ccc(OC)cc3)O2)c2nc(N=CN(C)C)nc(N=CN(C)C)c12. The molecule has 2 aromatic heterocycles. The first-order chi connectivity index (χ1) is 32.8. The lowest BCUT2D eigenvalue weighted by Crippen LogP contribution is -2.39. The number of fused-ring (bicyclic) bond motifs is 1. The van der Waals surface area contributed by atoms with Gasteiger partial charge in [0.05, 0.1) is 58.7 Å². The van der Waals surface area contributed by atoms with Crippen LogP contribution in [-0.2, 0) is 28.9 Å². The average molecular weight is 947 g/mol. The van der Waals surface area contributed by atoms with Crippen LogP contribution in [0.15, 0.2) is 88.8 Å². The third-order valence-electron chi connectivity index (χ3n) is 10.7. The fraction of sp³-hybridized carbons (Fsp3) is 0.440. The molecular formula is C50H63N10O7P. The van der Waals surface area contributed by atoms with Crippen molar-refractivity contribution in [3.8, 4) is 29.4 Å². The molecule has 18 heteroatoms. The Bertz CT molecular complexity index is 2500. The van der Waals surface area contributed by atoms with Crippen LogP contribution >= 0.6 is 8.53 Å². The molecule has 4 atom stereocenters. The summed E-state index contributed by atoms with van der Waals surface area (Å²) < 4.78 is 48.7. The zero-order valence-corrected chi connectivity index (χ0v) is 41.8. The highest BCUT2D eigenvalue weighted by Crippen LogP contribution is 2.51. The first kappa shape index (κ1) is 51.4. The molecule has 1 aliphatic heterocycles. The highest BCUT2D eigenvalue weighted by Gasteiger charge is 2.46. The number of aliphatic imine (C=N–C) groups is 2. The van der Waals surface area contributed by atoms with Crippen LogP contribution < -0.4 is 9.47 Å². The smallest absolute Gasteiger partial charge is 0.259 e. The zero-order valence-electron chi connectivity index (χ0n) is 40.9. The molecule has 0 amide bonds. The maximum atomic E-state index is 9.54. The average Bonchev–Trinajstić information content (AvgIpc) is 3.91. The van der Waals surface area contributed by atoms with E-state index >= 15 is 0 Å². The molecule has 1 aliphatic rings. The molecule has 17 nitrogen and oxygen atoms in total. The van der Waals surface area contributed by atoms with Gasteiger partial charge in [-0.25, -0.2) is 19.3 Å². The molecule has 68 heavy (non-hydrogen) atoms. The maximum Gasteiger partial charge on any atom is 0.259 e. The molecule has 6 rings (SSSR count). The minimum absolute atomic E-state index is 0.0459. The Morgan fingerprint density at radius 1 is 0.853 bits per heavy atom. The van der Waals surface area contributed by atoms with Crippen molar-refractivity contribution in [1.82, 2.24) is 34.2 Å². The summed E-state index contributed by atoms with van der Waals surface area (Å²) >= 11 is 0. The van der Waals surface area contributed by atoms with Crippen molar-refractivity contribution >= 4 is 44.0 Å². The normalized spacial score (nSPS) is 16.8. The Balaban J connectivity index is 1.54. The first-order valence-corrected chi connectivity index (χ1v) is 23.5. The lowest BCUT2D eigenvalue weighted by Gasteiger charge is -2.39. The van der Waals surface area contributed by atoms with E-state index in [-0.39, 0.29) is 44.3 Å². The van der Waals surface area contributed by atoms with E-state index in [0.717, 1.165) is 16.7 Å². The Morgan fingerprint density at radius 3 is 2.01 bits per heavy atom. The molecule has 1 fully saturated rings. The first-order valence-electron chi connectivity index (χ1n) is 22.4. The lowest BCUT2D eigenvalue weighted by molar-refractivity contribution is -0.0931. The zero-order chi connectivity index (χ0) is 48.8. The monoisotopic (exact) mass is 946 g/mol. The predicted molar refractivity (Wildman–Crippen MR) is 265 cm³/mol. The van der Waals surface area contributed by atoms with Crippen molar-refractivity contribution in [3.63, 3.8) is 0 Å². The van der Waals surface area contributed by atoms with Crippen molar-refractivity contribution in [3.05, 3.63) is 101 Å². The Labute approximate surface area is 401 Å². The van der Waals surface area contributed by atoms with E-state index in [1.54, 1.807) is 43.6 Å². The molecular weight excluding hydrogens is 884 g/mol. The standard InChI is InChI=1S/C50H63N10O7P/c1-35(2)60(36(3)4)68(65-30-16-28-51)67-43-31-45(59-48-46(42(56-59)19-15-29-61-9)47(52-33-57(5)6)54-49(55-48)53-34-58(7)8)66-44(43)32-64-50(37-17-13-12-14-18-37,38-20-24-40(62-10)25-21-38)39-22-26-41(63-11)27-23-39/h12-14,17-18,20-27,33-36,43-45H,16,29-32H2,1-11H3. The molecule has 0 N–H and O–H groups in total. The van der Waals surface area contributed by atoms with Crippen LogP contribution in [0.3, 0.4) is 0 Å². The number of hydrogen-bond acceptors (Lipinski definition) is 14. The third kappa shape index (κ3) is 12.4. The molecule has 0 bridgehead atoms. The number of nitriles is 1. The maximum absolute atomic E-state index is 9.54. The minimum atomic E-state index is -1.71. The van der Waals surface area contributed by atoms with Gasteiger partial charge in [-0.2, -0.15) is 20.3 Å². The van der Waals surface area contributed by atoms with Gasteiger partial charge in [0.15, 0.2) is 17.7 Å². The highest BCUT2D eigenvalue weighted by molar-refractivity contribution is 7.44. The van der Waals surface area contributed by atoms with E-state index in [1.165, 1.54) is 0 Å². The van der Waals surface area contributed by atoms with E-state index < -0.39 is 32.6 Å². The highest BCUT2D eigenvalue weighted by atomic mass is 31.2. The molecule has 3 heterocycles. The van der Waals surface area contributed by atoms with Crippen LogP contribution in [0.5, 0.6) is 11.5 Å². The minimum Gasteiger partial charge on any atom is -0.497 e. The van der Waals surface area contributed by atoms with Gasteiger partial charge in [0.1, 0.15) is 40.9 Å². The summed E-state index contributed by atoms with van der Waals surface area (Å²) in [6.45, 7) is 8.83. The number of rotatable bonds is 22. The number of ether oxygens (including phenoxy) is 5. The van der Waals surface area contributed by atoms with Gasteiger partial charge in [0.2, 0.25) is 0 Å². The quantitative estimate of drug-likeness (QED) is 0.0163. The van der Waals surface area contributed by atoms with Crippen LogP contribution in [0.25, 0.3) is 11.0 Å². The van der Waals surface area contributed by atoms with Gasteiger partial charge in [0, 0.05) is 53.8 Å². The summed E-state index contributed by atoms with van der Waals surface area (Å²) in [6.07, 6.45) is 1.72. The van der Waals surface area contributed by atoms with E-state index in [0.29, 0.717) is 40.5 Å². The van der Waals surface area contributed by atoms with Crippen LogP contribution in [-0.4, -0.2) is 141 Å². The third-order valence-corrected chi connectivity index (χ3v) is 12.9. The van der Waals surface area contributed by atoms with E-state index in [1.807, 2.05) is 99.8 Å². The molecule has 0 radical (unpaired) electrons. The predicted octanol–water partition coefficient (Wildman–Crippen LogP) is 8.24. The van der Waals surface area contributed by atoms with E-state index in [2.05, 4.69) is 67.4 Å². The summed E-state index contributed by atoms with van der Waals surface area (Å²) in [5, 5.41) is 15.1. The number of nitrogens with zero attached hydrogens (tertiary/aromatic N) is 10. The summed E-state index contributed by atoms with van der Waals surface area (Å²) in [5.41, 5.74) is 2.26. The molecule has 0 aliphatic carbocycles. The topological polar surface area (TPSA) is 166 Å². The Kier molecular flexibility index (Phi) is 18.4. The van der Waals surface area contributed by atoms with Crippen molar-refractivity contribution in [1.29, 1.82) is 5.26 Å². The van der Waals surface area contributed by atoms with Crippen LogP contribution in [0.2, 0.25) is 0 Å². The molecule has 5 aromatic rings. The molecule has 3 aromatic carbocycles. The molecule has 360 valence electrons. The number of benzene rings is 3. The van der Waals surface area contributed by atoms with Crippen molar-refractivity contribution in [2.75, 3.05) is 69.3 Å². The van der Waals surface area contributed by atoms with Gasteiger partial charge in [-0.3, -0.25) is 0 Å². The van der Waals surface area contributed by atoms with Gasteiger partial charge >= 0.3 is 0 Å². The molecule has 4 unspecified atom stereocenters. The van der Waals surface area contributed by atoms with Crippen molar-refractivity contribution < 1.29 is 32.7 Å². The Morgan fingerprint density at radius 2 is 1.46 bits per heavy atom. The van der Waals surface area contributed by atoms with Crippen molar-refractivity contribution in [2.45, 2.75) is 76.7 Å². The lowest BCUT2D eigenvalue weighted by atomic mass is 9.80. The number of methoxy groups -OCH3 is 3. The molecule has 0 spiro atoms. The van der Waals surface area contributed by atoms with Crippen molar-refractivity contribution in [2.24, 2.45) is 9.98 Å². The van der Waals surface area contributed by atoms with Crippen LogP contribution in [0.1, 0.15) is 69.1 Å². The molecule has 1 saturated heterocycles.